The molecule has 2 heterocycles. The van der Waals surface area contributed by atoms with Crippen molar-refractivity contribution in [3.63, 3.8) is 0 Å². The van der Waals surface area contributed by atoms with Crippen LogP contribution in [0.2, 0.25) is 0 Å². The van der Waals surface area contributed by atoms with Gasteiger partial charge < -0.3 is 11.5 Å². The van der Waals surface area contributed by atoms with Crippen LogP contribution in [-0.4, -0.2) is 26.6 Å². The monoisotopic (exact) mass is 297 g/mol. The average Bonchev–Trinajstić information content (AvgIpc) is 2.89. The molecule has 7 nitrogen and oxygen atoms in total. The number of aromatic nitrogens is 3. The lowest BCUT2D eigenvalue weighted by Crippen LogP contribution is -2.24. The maximum Gasteiger partial charge on any atom is 0.212 e. The number of thiazole rings is 1. The topological polar surface area (TPSA) is 127 Å². The van der Waals surface area contributed by atoms with Crippen LogP contribution in [0.5, 0.6) is 0 Å². The van der Waals surface area contributed by atoms with Crippen molar-refractivity contribution in [1.82, 2.24) is 15.0 Å². The molecular formula is C13H11N7S. The first-order chi connectivity index (χ1) is 10.1. The number of hydrogen-bond acceptors (Lipinski definition) is 6. The van der Waals surface area contributed by atoms with E-state index in [9.17, 15) is 0 Å². The second kappa shape index (κ2) is 5.25. The highest BCUT2D eigenvalue weighted by Crippen LogP contribution is 2.27. The Morgan fingerprint density at radius 2 is 1.81 bits per heavy atom. The fourth-order valence-corrected chi connectivity index (χ4v) is 2.64. The van der Waals surface area contributed by atoms with E-state index >= 15 is 0 Å². The van der Waals surface area contributed by atoms with Crippen LogP contribution in [0.15, 0.2) is 41.7 Å². The quantitative estimate of drug-likeness (QED) is 0.497. The minimum atomic E-state index is -0.208. The Hall–Kier alpha value is -2.87. The highest BCUT2D eigenvalue weighted by Gasteiger charge is 2.12. The lowest BCUT2D eigenvalue weighted by molar-refractivity contribution is 1.13. The average molecular weight is 297 g/mol. The second-order valence-corrected chi connectivity index (χ2v) is 5.14. The smallest absolute Gasteiger partial charge is 0.212 e. The van der Waals surface area contributed by atoms with Crippen molar-refractivity contribution < 1.29 is 0 Å². The molecule has 0 spiro atoms. The first kappa shape index (κ1) is 13.1. The molecule has 2 aromatic heterocycles. The van der Waals surface area contributed by atoms with Crippen molar-refractivity contribution in [3.8, 4) is 0 Å². The van der Waals surface area contributed by atoms with Crippen LogP contribution in [0.1, 0.15) is 11.4 Å². The minimum Gasteiger partial charge on any atom is -0.382 e. The molecule has 3 aromatic rings. The molecule has 1 aromatic carbocycles. The lowest BCUT2D eigenvalue weighted by Gasteiger charge is -2.04. The molecule has 0 bridgehead atoms. The van der Waals surface area contributed by atoms with Crippen molar-refractivity contribution in [2.75, 3.05) is 0 Å². The SMILES string of the molecule is N=C(N)c1nccnc1/C(N)=N/c1nc2ccccc2s1. The van der Waals surface area contributed by atoms with E-state index in [2.05, 4.69) is 19.9 Å². The van der Waals surface area contributed by atoms with Gasteiger partial charge in [-0.2, -0.15) is 4.99 Å². The molecule has 5 N–H and O–H groups in total. The van der Waals surface area contributed by atoms with Gasteiger partial charge in [-0.1, -0.05) is 23.5 Å². The Morgan fingerprint density at radius 1 is 1.10 bits per heavy atom. The summed E-state index contributed by atoms with van der Waals surface area (Å²) < 4.78 is 1.02. The predicted molar refractivity (Wildman–Crippen MR) is 83.1 cm³/mol. The third-order valence-corrected chi connectivity index (χ3v) is 3.62. The number of nitrogen functional groups attached to an aromatic ring is 1. The van der Waals surface area contributed by atoms with Crippen LogP contribution in [-0.2, 0) is 0 Å². The summed E-state index contributed by atoms with van der Waals surface area (Å²) in [4.78, 5) is 16.7. The van der Waals surface area contributed by atoms with Gasteiger partial charge in [0.15, 0.2) is 5.84 Å². The number of nitrogens with zero attached hydrogens (tertiary/aromatic N) is 4. The number of fused-ring (bicyclic) bond motifs is 1. The molecule has 104 valence electrons. The summed E-state index contributed by atoms with van der Waals surface area (Å²) in [5.41, 5.74) is 12.8. The number of nitrogens with two attached hydrogens (primary N) is 2. The normalized spacial score (nSPS) is 11.7. The van der Waals surface area contributed by atoms with E-state index < -0.39 is 0 Å². The van der Waals surface area contributed by atoms with E-state index in [0.717, 1.165) is 10.2 Å². The van der Waals surface area contributed by atoms with Crippen molar-refractivity contribution in [1.29, 1.82) is 5.41 Å². The van der Waals surface area contributed by atoms with E-state index in [1.54, 1.807) is 0 Å². The van der Waals surface area contributed by atoms with Crippen LogP contribution < -0.4 is 11.5 Å². The molecule has 0 unspecified atom stereocenters. The van der Waals surface area contributed by atoms with Gasteiger partial charge in [0.1, 0.15) is 17.2 Å². The number of para-hydroxylation sites is 1. The number of rotatable bonds is 3. The van der Waals surface area contributed by atoms with Crippen LogP contribution >= 0.6 is 11.3 Å². The highest BCUT2D eigenvalue weighted by atomic mass is 32.1. The maximum atomic E-state index is 7.49. The zero-order chi connectivity index (χ0) is 14.8. The zero-order valence-corrected chi connectivity index (χ0v) is 11.6. The van der Waals surface area contributed by atoms with Crippen molar-refractivity contribution in [2.24, 2.45) is 16.5 Å². The van der Waals surface area contributed by atoms with Crippen molar-refractivity contribution in [2.45, 2.75) is 0 Å². The Labute approximate surface area is 123 Å². The fraction of sp³-hybridized carbons (Fsp3) is 0. The Kier molecular flexibility index (Phi) is 3.28. The molecule has 0 radical (unpaired) electrons. The standard InChI is InChI=1S/C13H11N7S/c14-11(15)9-10(18-6-5-17-9)12(16)20-13-19-7-3-1-2-4-8(7)21-13/h1-6H,(H3,14,15)(H2,16,19,20). The molecule has 0 saturated heterocycles. The van der Waals surface area contributed by atoms with Crippen LogP contribution in [0.3, 0.4) is 0 Å². The van der Waals surface area contributed by atoms with Gasteiger partial charge in [-0.3, -0.25) is 5.41 Å². The van der Waals surface area contributed by atoms with Gasteiger partial charge in [0.2, 0.25) is 5.13 Å². The van der Waals surface area contributed by atoms with Crippen LogP contribution in [0.4, 0.5) is 5.13 Å². The van der Waals surface area contributed by atoms with Crippen LogP contribution in [0, 0.1) is 5.41 Å². The Bertz CT molecular complexity index is 819. The van der Waals surface area contributed by atoms with E-state index in [-0.39, 0.29) is 23.1 Å². The third-order valence-electron chi connectivity index (χ3n) is 2.69. The second-order valence-electron chi connectivity index (χ2n) is 4.13. The fourth-order valence-electron chi connectivity index (χ4n) is 1.79. The maximum absolute atomic E-state index is 7.49. The van der Waals surface area contributed by atoms with E-state index in [4.69, 9.17) is 16.9 Å². The van der Waals surface area contributed by atoms with Gasteiger partial charge >= 0.3 is 0 Å². The molecular weight excluding hydrogens is 286 g/mol. The summed E-state index contributed by atoms with van der Waals surface area (Å²) in [7, 11) is 0. The molecule has 0 aliphatic carbocycles. The van der Waals surface area contributed by atoms with Gasteiger partial charge in [-0.15, -0.1) is 0 Å². The highest BCUT2D eigenvalue weighted by molar-refractivity contribution is 7.22. The molecule has 0 atom stereocenters. The number of hydrogen-bond donors (Lipinski definition) is 3. The largest absolute Gasteiger partial charge is 0.382 e. The summed E-state index contributed by atoms with van der Waals surface area (Å²) in [6.45, 7) is 0. The lowest BCUT2D eigenvalue weighted by atomic mass is 10.2. The van der Waals surface area contributed by atoms with Crippen molar-refractivity contribution in [3.05, 3.63) is 48.0 Å². The van der Waals surface area contributed by atoms with Crippen molar-refractivity contribution >= 4 is 38.4 Å². The summed E-state index contributed by atoms with van der Waals surface area (Å²) in [6.07, 6.45) is 2.92. The zero-order valence-electron chi connectivity index (χ0n) is 10.8. The molecule has 3 rings (SSSR count). The Morgan fingerprint density at radius 3 is 2.52 bits per heavy atom. The summed E-state index contributed by atoms with van der Waals surface area (Å²) in [5.74, 6) is -0.0760. The number of nitrogens with one attached hydrogen (secondary N) is 1. The number of benzene rings is 1. The van der Waals surface area contributed by atoms with E-state index in [1.807, 2.05) is 24.3 Å². The number of amidine groups is 2. The summed E-state index contributed by atoms with van der Waals surface area (Å²) in [6, 6.07) is 7.72. The molecule has 0 amide bonds. The third kappa shape index (κ3) is 2.56. The van der Waals surface area contributed by atoms with Crippen LogP contribution in [0.25, 0.3) is 10.2 Å². The molecule has 21 heavy (non-hydrogen) atoms. The predicted octanol–water partition coefficient (Wildman–Crippen LogP) is 1.41. The molecule has 0 aliphatic heterocycles. The molecule has 0 saturated carbocycles. The first-order valence-electron chi connectivity index (χ1n) is 6.00. The molecule has 0 aliphatic rings. The van der Waals surface area contributed by atoms with Gasteiger partial charge in [0.05, 0.1) is 10.2 Å². The molecule has 0 fully saturated rings. The summed E-state index contributed by atoms with van der Waals surface area (Å²) >= 11 is 1.42. The van der Waals surface area contributed by atoms with Gasteiger partial charge in [0.25, 0.3) is 0 Å². The Balaban J connectivity index is 2.05. The summed E-state index contributed by atoms with van der Waals surface area (Å²) in [5, 5.41) is 8.01. The molecule has 8 heteroatoms. The van der Waals surface area contributed by atoms with Gasteiger partial charge in [-0.25, -0.2) is 15.0 Å². The first-order valence-corrected chi connectivity index (χ1v) is 6.82. The van der Waals surface area contributed by atoms with Gasteiger partial charge in [-0.05, 0) is 12.1 Å². The minimum absolute atomic E-state index is 0.132. The van der Waals surface area contributed by atoms with Gasteiger partial charge in [0, 0.05) is 12.4 Å². The number of aliphatic imine (C=N–C) groups is 1. The van der Waals surface area contributed by atoms with E-state index in [0.29, 0.717) is 5.13 Å². The van der Waals surface area contributed by atoms with E-state index in [1.165, 1.54) is 23.7 Å².